The van der Waals surface area contributed by atoms with Gasteiger partial charge in [0.2, 0.25) is 0 Å². The fraction of sp³-hybridized carbons (Fsp3) is 0.100. The molecule has 5 heteroatoms. The first-order valence-corrected chi connectivity index (χ1v) is 8.60. The second kappa shape index (κ2) is 7.49. The highest BCUT2D eigenvalue weighted by atomic mass is 79.9. The number of nitrogens with one attached hydrogen (secondary N) is 1. The highest BCUT2D eigenvalue weighted by Gasteiger charge is 2.22. The van der Waals surface area contributed by atoms with Crippen molar-refractivity contribution in [3.05, 3.63) is 82.3 Å². The van der Waals surface area contributed by atoms with Gasteiger partial charge in [0.05, 0.1) is 5.56 Å². The van der Waals surface area contributed by atoms with Crippen LogP contribution in [0, 0.1) is 0 Å². The molecule has 3 aromatic rings. The van der Waals surface area contributed by atoms with Crippen molar-refractivity contribution in [2.45, 2.75) is 12.5 Å². The highest BCUT2D eigenvalue weighted by Crippen LogP contribution is 2.18. The maximum Gasteiger partial charge on any atom is 0.326 e. The predicted octanol–water partition coefficient (Wildman–Crippen LogP) is 4.03. The van der Waals surface area contributed by atoms with Gasteiger partial charge in [-0.15, -0.1) is 0 Å². The summed E-state index contributed by atoms with van der Waals surface area (Å²) < 4.78 is 0.627. The van der Waals surface area contributed by atoms with Crippen LogP contribution in [0.3, 0.4) is 0 Å². The van der Waals surface area contributed by atoms with Crippen molar-refractivity contribution in [1.29, 1.82) is 0 Å². The van der Waals surface area contributed by atoms with Crippen LogP contribution in [0.5, 0.6) is 0 Å². The molecule has 0 heterocycles. The molecule has 0 saturated heterocycles. The van der Waals surface area contributed by atoms with Crippen molar-refractivity contribution in [3.63, 3.8) is 0 Å². The van der Waals surface area contributed by atoms with Crippen molar-refractivity contribution in [3.8, 4) is 0 Å². The van der Waals surface area contributed by atoms with E-state index in [1.54, 1.807) is 24.3 Å². The number of carboxylic acids is 1. The summed E-state index contributed by atoms with van der Waals surface area (Å²) >= 11 is 3.31. The van der Waals surface area contributed by atoms with Gasteiger partial charge < -0.3 is 10.4 Å². The van der Waals surface area contributed by atoms with Crippen LogP contribution in [0.4, 0.5) is 0 Å². The molecule has 0 aliphatic rings. The van der Waals surface area contributed by atoms with Crippen LogP contribution in [0.1, 0.15) is 15.9 Å². The summed E-state index contributed by atoms with van der Waals surface area (Å²) in [6.45, 7) is 0. The smallest absolute Gasteiger partial charge is 0.326 e. The van der Waals surface area contributed by atoms with Crippen LogP contribution in [-0.4, -0.2) is 23.0 Å². The molecule has 0 aliphatic heterocycles. The number of fused-ring (bicyclic) bond motifs is 1. The van der Waals surface area contributed by atoms with Crippen LogP contribution in [-0.2, 0) is 11.2 Å². The molecule has 25 heavy (non-hydrogen) atoms. The van der Waals surface area contributed by atoms with Crippen LogP contribution in [0.2, 0.25) is 0 Å². The van der Waals surface area contributed by atoms with E-state index < -0.39 is 17.9 Å². The van der Waals surface area contributed by atoms with Gasteiger partial charge in [-0.2, -0.15) is 0 Å². The number of carbonyl (C=O) groups is 2. The van der Waals surface area contributed by atoms with Gasteiger partial charge in [0.1, 0.15) is 6.04 Å². The lowest BCUT2D eigenvalue weighted by atomic mass is 10.0. The highest BCUT2D eigenvalue weighted by molar-refractivity contribution is 9.10. The fourth-order valence-corrected chi connectivity index (χ4v) is 3.15. The molecule has 3 rings (SSSR count). The molecule has 0 fully saturated rings. The summed E-state index contributed by atoms with van der Waals surface area (Å²) in [6, 6.07) is 19.6. The van der Waals surface area contributed by atoms with E-state index in [1.165, 1.54) is 0 Å². The van der Waals surface area contributed by atoms with Crippen molar-refractivity contribution >= 4 is 38.6 Å². The topological polar surface area (TPSA) is 66.4 Å². The molecule has 2 N–H and O–H groups in total. The number of hydrogen-bond donors (Lipinski definition) is 2. The van der Waals surface area contributed by atoms with E-state index in [9.17, 15) is 14.7 Å². The molecule has 1 amide bonds. The molecule has 0 radical (unpaired) electrons. The lowest BCUT2D eigenvalue weighted by molar-refractivity contribution is -0.139. The fourth-order valence-electron chi connectivity index (χ4n) is 2.68. The number of carbonyl (C=O) groups excluding carboxylic acids is 1. The zero-order valence-electron chi connectivity index (χ0n) is 13.3. The molecular formula is C20H16BrNO3. The minimum absolute atomic E-state index is 0.219. The molecule has 0 spiro atoms. The third-order valence-electron chi connectivity index (χ3n) is 3.98. The average molecular weight is 398 g/mol. The normalized spacial score (nSPS) is 11.9. The van der Waals surface area contributed by atoms with E-state index in [2.05, 4.69) is 21.2 Å². The predicted molar refractivity (Wildman–Crippen MR) is 101 cm³/mol. The van der Waals surface area contributed by atoms with Crippen LogP contribution in [0.25, 0.3) is 10.8 Å². The molecule has 0 aliphatic carbocycles. The second-order valence-electron chi connectivity index (χ2n) is 5.73. The van der Waals surface area contributed by atoms with Gasteiger partial charge in [-0.25, -0.2) is 4.79 Å². The van der Waals surface area contributed by atoms with Gasteiger partial charge in [0.25, 0.3) is 5.91 Å². The molecule has 0 bridgehead atoms. The number of carboxylic acid groups (broad SMARTS) is 1. The monoisotopic (exact) mass is 397 g/mol. The molecular weight excluding hydrogens is 382 g/mol. The van der Waals surface area contributed by atoms with E-state index >= 15 is 0 Å². The van der Waals surface area contributed by atoms with Gasteiger partial charge >= 0.3 is 5.97 Å². The van der Waals surface area contributed by atoms with E-state index in [0.717, 1.165) is 16.3 Å². The van der Waals surface area contributed by atoms with E-state index in [4.69, 9.17) is 0 Å². The van der Waals surface area contributed by atoms with E-state index in [-0.39, 0.29) is 6.42 Å². The Morgan fingerprint density at radius 1 is 0.960 bits per heavy atom. The summed E-state index contributed by atoms with van der Waals surface area (Å²) in [5.41, 5.74) is 1.27. The van der Waals surface area contributed by atoms with Crippen LogP contribution >= 0.6 is 15.9 Å². The van der Waals surface area contributed by atoms with E-state index in [1.807, 2.05) is 42.5 Å². The lowest BCUT2D eigenvalue weighted by Crippen LogP contribution is -2.42. The lowest BCUT2D eigenvalue weighted by Gasteiger charge is -2.15. The Morgan fingerprint density at radius 2 is 1.64 bits per heavy atom. The van der Waals surface area contributed by atoms with Crippen molar-refractivity contribution < 1.29 is 14.7 Å². The largest absolute Gasteiger partial charge is 0.480 e. The molecule has 3 aromatic carbocycles. The van der Waals surface area contributed by atoms with Crippen molar-refractivity contribution in [2.75, 3.05) is 0 Å². The summed E-state index contributed by atoms with van der Waals surface area (Å²) in [6.07, 6.45) is 0.219. The number of hydrogen-bond acceptors (Lipinski definition) is 2. The van der Waals surface area contributed by atoms with Gasteiger partial charge in [0.15, 0.2) is 0 Å². The van der Waals surface area contributed by atoms with Crippen LogP contribution < -0.4 is 5.32 Å². The first-order chi connectivity index (χ1) is 12.0. The second-order valence-corrected chi connectivity index (χ2v) is 6.58. The minimum atomic E-state index is -1.06. The Morgan fingerprint density at radius 3 is 2.36 bits per heavy atom. The zero-order valence-corrected chi connectivity index (χ0v) is 14.9. The molecule has 0 aromatic heterocycles. The SMILES string of the molecule is O=C(N[C@H](Cc1ccc2ccccc2c1)C(=O)O)c1ccccc1Br. The van der Waals surface area contributed by atoms with Gasteiger partial charge in [-0.3, -0.25) is 4.79 Å². The maximum atomic E-state index is 12.4. The third-order valence-corrected chi connectivity index (χ3v) is 4.67. The Kier molecular flexibility index (Phi) is 5.14. The number of halogens is 1. The molecule has 0 unspecified atom stereocenters. The standard InChI is InChI=1S/C20H16BrNO3/c21-17-8-4-3-7-16(17)19(23)22-18(20(24)25)12-13-9-10-14-5-1-2-6-15(14)11-13/h1-11,18H,12H2,(H,22,23)(H,24,25)/t18-/m1/s1. The maximum absolute atomic E-state index is 12.4. The number of benzene rings is 3. The quantitative estimate of drug-likeness (QED) is 0.682. The minimum Gasteiger partial charge on any atom is -0.480 e. The van der Waals surface area contributed by atoms with Crippen molar-refractivity contribution in [1.82, 2.24) is 5.32 Å². The summed E-state index contributed by atoms with van der Waals surface area (Å²) in [5.74, 6) is -1.48. The van der Waals surface area contributed by atoms with Crippen molar-refractivity contribution in [2.24, 2.45) is 0 Å². The first kappa shape index (κ1) is 17.2. The third kappa shape index (κ3) is 4.06. The summed E-state index contributed by atoms with van der Waals surface area (Å²) in [5, 5.41) is 14.2. The Hall–Kier alpha value is -2.66. The van der Waals surface area contributed by atoms with E-state index in [0.29, 0.717) is 10.0 Å². The molecule has 0 saturated carbocycles. The summed E-state index contributed by atoms with van der Waals surface area (Å²) in [4.78, 5) is 24.0. The first-order valence-electron chi connectivity index (χ1n) is 7.80. The Balaban J connectivity index is 1.80. The summed E-state index contributed by atoms with van der Waals surface area (Å²) in [7, 11) is 0. The van der Waals surface area contributed by atoms with Gasteiger partial charge in [-0.05, 0) is 44.4 Å². The number of amides is 1. The van der Waals surface area contributed by atoms with Gasteiger partial charge in [-0.1, -0.05) is 54.6 Å². The zero-order chi connectivity index (χ0) is 17.8. The number of rotatable bonds is 5. The Bertz CT molecular complexity index is 939. The molecule has 4 nitrogen and oxygen atoms in total. The molecule has 126 valence electrons. The van der Waals surface area contributed by atoms with Crippen LogP contribution in [0.15, 0.2) is 71.2 Å². The number of aliphatic carboxylic acids is 1. The average Bonchev–Trinajstić information content (AvgIpc) is 2.61. The van der Waals surface area contributed by atoms with Gasteiger partial charge in [0, 0.05) is 10.9 Å². The molecule has 1 atom stereocenters. The Labute approximate surface area is 153 Å².